The van der Waals surface area contributed by atoms with E-state index in [2.05, 4.69) is 74.3 Å². The van der Waals surface area contributed by atoms with Crippen LogP contribution in [0.5, 0.6) is 0 Å². The number of aromatic amines is 1. The molecule has 4 rings (SSSR count). The lowest BCUT2D eigenvalue weighted by molar-refractivity contribution is 0.616. The maximum absolute atomic E-state index is 3.37. The minimum absolute atomic E-state index is 0.0673. The molecule has 1 N–H and O–H groups in total. The first-order valence-corrected chi connectivity index (χ1v) is 7.94. The highest BCUT2D eigenvalue weighted by molar-refractivity contribution is 6.00. The molecule has 110 valence electrons. The molecule has 2 aromatic carbocycles. The van der Waals surface area contributed by atoms with Gasteiger partial charge in [0.15, 0.2) is 0 Å². The normalized spacial score (nSPS) is 15.0. The molecule has 0 fully saturated rings. The van der Waals surface area contributed by atoms with Crippen molar-refractivity contribution in [2.45, 2.75) is 32.6 Å². The molecule has 0 saturated heterocycles. The standard InChI is InChI=1S/C21H21N/c1-14-11-16-12-15-7-6-10-22-19(15)13-18(16)20(14)21(2,3)17-8-4-5-9-17/h4-8,10-13,22H,9H2,1-3H3. The van der Waals surface area contributed by atoms with E-state index in [-0.39, 0.29) is 5.41 Å². The third-order valence-corrected chi connectivity index (χ3v) is 5.07. The smallest absolute Gasteiger partial charge is 0.0459 e. The molecule has 1 aromatic heterocycles. The Bertz CT molecular complexity index is 935. The lowest BCUT2D eigenvalue weighted by atomic mass is 9.75. The highest BCUT2D eigenvalue weighted by Crippen LogP contribution is 2.43. The zero-order valence-corrected chi connectivity index (χ0v) is 13.4. The van der Waals surface area contributed by atoms with Gasteiger partial charge in [0.05, 0.1) is 0 Å². The van der Waals surface area contributed by atoms with Gasteiger partial charge in [0.1, 0.15) is 0 Å². The van der Waals surface area contributed by atoms with Gasteiger partial charge in [0.2, 0.25) is 0 Å². The molecular weight excluding hydrogens is 266 g/mol. The number of fused-ring (bicyclic) bond motifs is 2. The Labute approximate surface area is 131 Å². The van der Waals surface area contributed by atoms with Gasteiger partial charge in [-0.2, -0.15) is 0 Å². The SMILES string of the molecule is Cc1cc2cc3ccc[nH]c3cc2c1C(C)(C)C1=CC=CC1. The van der Waals surface area contributed by atoms with Crippen LogP contribution in [0.2, 0.25) is 0 Å². The Morgan fingerprint density at radius 3 is 2.73 bits per heavy atom. The molecular formula is C21H21N. The topological polar surface area (TPSA) is 15.8 Å². The summed E-state index contributed by atoms with van der Waals surface area (Å²) in [6, 6.07) is 11.2. The van der Waals surface area contributed by atoms with E-state index in [1.165, 1.54) is 38.4 Å². The molecule has 0 unspecified atom stereocenters. The molecule has 1 aliphatic carbocycles. The number of hydrogen-bond acceptors (Lipinski definition) is 0. The van der Waals surface area contributed by atoms with Crippen molar-refractivity contribution in [2.75, 3.05) is 0 Å². The van der Waals surface area contributed by atoms with E-state index in [9.17, 15) is 0 Å². The van der Waals surface area contributed by atoms with Crippen molar-refractivity contribution in [3.05, 3.63) is 71.5 Å². The van der Waals surface area contributed by atoms with Crippen LogP contribution in [0.4, 0.5) is 0 Å². The van der Waals surface area contributed by atoms with E-state index in [1.54, 1.807) is 0 Å². The molecule has 1 aliphatic rings. The number of allylic oxidation sites excluding steroid dienone is 4. The number of aryl methyl sites for hydroxylation is 1. The first-order chi connectivity index (χ1) is 10.6. The fourth-order valence-electron chi connectivity index (χ4n) is 3.94. The summed E-state index contributed by atoms with van der Waals surface area (Å²) in [6.07, 6.45) is 9.78. The third kappa shape index (κ3) is 1.85. The Hall–Kier alpha value is -2.28. The summed E-state index contributed by atoms with van der Waals surface area (Å²) < 4.78 is 0. The Balaban J connectivity index is 2.01. The van der Waals surface area contributed by atoms with E-state index in [1.807, 2.05) is 6.20 Å². The van der Waals surface area contributed by atoms with Crippen molar-refractivity contribution < 1.29 is 0 Å². The Morgan fingerprint density at radius 2 is 1.95 bits per heavy atom. The fourth-order valence-corrected chi connectivity index (χ4v) is 3.94. The van der Waals surface area contributed by atoms with E-state index in [4.69, 9.17) is 0 Å². The molecule has 0 amide bonds. The molecule has 0 aliphatic heterocycles. The van der Waals surface area contributed by atoms with Crippen molar-refractivity contribution >= 4 is 21.7 Å². The van der Waals surface area contributed by atoms with Crippen LogP contribution in [-0.4, -0.2) is 4.98 Å². The number of hydrogen-bond donors (Lipinski definition) is 1. The maximum Gasteiger partial charge on any atom is 0.0459 e. The molecule has 0 saturated carbocycles. The van der Waals surface area contributed by atoms with Gasteiger partial charge in [-0.3, -0.25) is 0 Å². The van der Waals surface area contributed by atoms with Gasteiger partial charge in [0, 0.05) is 17.1 Å². The number of nitrogens with one attached hydrogen (secondary N) is 1. The number of pyridine rings is 1. The molecule has 0 radical (unpaired) electrons. The average Bonchev–Trinajstić information content (AvgIpc) is 3.12. The van der Waals surface area contributed by atoms with Gasteiger partial charge in [-0.05, 0) is 58.8 Å². The first kappa shape index (κ1) is 13.4. The number of rotatable bonds is 2. The number of benzene rings is 1. The second kappa shape index (κ2) is 4.61. The van der Waals surface area contributed by atoms with Crippen molar-refractivity contribution in [1.29, 1.82) is 0 Å². The minimum Gasteiger partial charge on any atom is -0.361 e. The van der Waals surface area contributed by atoms with E-state index < -0.39 is 0 Å². The van der Waals surface area contributed by atoms with Crippen LogP contribution in [0.1, 0.15) is 31.4 Å². The number of aromatic nitrogens is 1. The summed E-state index contributed by atoms with van der Waals surface area (Å²) in [7, 11) is 0. The van der Waals surface area contributed by atoms with Crippen molar-refractivity contribution in [3.63, 3.8) is 0 Å². The third-order valence-electron chi connectivity index (χ3n) is 5.07. The second-order valence-electron chi connectivity index (χ2n) is 6.85. The zero-order chi connectivity index (χ0) is 15.3. The molecule has 0 spiro atoms. The zero-order valence-electron chi connectivity index (χ0n) is 13.4. The quantitative estimate of drug-likeness (QED) is 0.613. The van der Waals surface area contributed by atoms with Gasteiger partial charge in [-0.1, -0.05) is 49.8 Å². The minimum atomic E-state index is 0.0673. The van der Waals surface area contributed by atoms with Crippen molar-refractivity contribution in [1.82, 2.24) is 4.98 Å². The van der Waals surface area contributed by atoms with Crippen LogP contribution in [-0.2, 0) is 5.41 Å². The van der Waals surface area contributed by atoms with Crippen LogP contribution in [0.15, 0.2) is 60.3 Å². The molecule has 22 heavy (non-hydrogen) atoms. The monoisotopic (exact) mass is 287 g/mol. The van der Waals surface area contributed by atoms with Crippen LogP contribution >= 0.6 is 0 Å². The lowest BCUT2D eigenvalue weighted by Gasteiger charge is -2.28. The van der Waals surface area contributed by atoms with Crippen molar-refractivity contribution in [2.24, 2.45) is 0 Å². The molecule has 1 heteroatoms. The number of H-pyrrole nitrogens is 1. The van der Waals surface area contributed by atoms with E-state index in [0.717, 1.165) is 6.42 Å². The Morgan fingerprint density at radius 1 is 1.09 bits per heavy atom. The second-order valence-corrected chi connectivity index (χ2v) is 6.85. The summed E-state index contributed by atoms with van der Waals surface area (Å²) in [4.78, 5) is 3.37. The van der Waals surface area contributed by atoms with Crippen LogP contribution in [0.25, 0.3) is 21.7 Å². The van der Waals surface area contributed by atoms with Gasteiger partial charge >= 0.3 is 0 Å². The van der Waals surface area contributed by atoms with Crippen LogP contribution < -0.4 is 0 Å². The maximum atomic E-state index is 3.37. The van der Waals surface area contributed by atoms with Gasteiger partial charge in [0.25, 0.3) is 0 Å². The predicted octanol–water partition coefficient (Wildman–Crippen LogP) is 5.79. The fraction of sp³-hybridized carbons (Fsp3) is 0.238. The predicted molar refractivity (Wildman–Crippen MR) is 95.4 cm³/mol. The summed E-state index contributed by atoms with van der Waals surface area (Å²) in [5.41, 5.74) is 5.63. The highest BCUT2D eigenvalue weighted by atomic mass is 14.6. The van der Waals surface area contributed by atoms with Crippen LogP contribution in [0, 0.1) is 6.92 Å². The van der Waals surface area contributed by atoms with E-state index >= 15 is 0 Å². The summed E-state index contributed by atoms with van der Waals surface area (Å²) in [6.45, 7) is 6.95. The highest BCUT2D eigenvalue weighted by Gasteiger charge is 2.30. The van der Waals surface area contributed by atoms with Crippen LogP contribution in [0.3, 0.4) is 0 Å². The first-order valence-electron chi connectivity index (χ1n) is 7.94. The summed E-state index contributed by atoms with van der Waals surface area (Å²) in [5, 5.41) is 4.00. The lowest BCUT2D eigenvalue weighted by Crippen LogP contribution is -2.20. The summed E-state index contributed by atoms with van der Waals surface area (Å²) in [5.74, 6) is 0. The molecule has 1 nitrogen and oxygen atoms in total. The largest absolute Gasteiger partial charge is 0.361 e. The molecule has 1 heterocycles. The van der Waals surface area contributed by atoms with Gasteiger partial charge in [-0.15, -0.1) is 0 Å². The van der Waals surface area contributed by atoms with Gasteiger partial charge in [-0.25, -0.2) is 0 Å². The van der Waals surface area contributed by atoms with E-state index in [0.29, 0.717) is 0 Å². The average molecular weight is 287 g/mol. The molecule has 3 aromatic rings. The molecule has 0 bridgehead atoms. The molecule has 0 atom stereocenters. The van der Waals surface area contributed by atoms with Gasteiger partial charge < -0.3 is 4.98 Å². The Kier molecular flexibility index (Phi) is 2.80. The summed E-state index contributed by atoms with van der Waals surface area (Å²) >= 11 is 0. The van der Waals surface area contributed by atoms with Crippen molar-refractivity contribution in [3.8, 4) is 0 Å².